The van der Waals surface area contributed by atoms with Gasteiger partial charge in [-0.1, -0.05) is 32.9 Å². The van der Waals surface area contributed by atoms with E-state index in [-0.39, 0.29) is 0 Å². The van der Waals surface area contributed by atoms with Gasteiger partial charge in [0.05, 0.1) is 12.2 Å². The zero-order chi connectivity index (χ0) is 17.4. The first-order chi connectivity index (χ1) is 11.3. The Kier molecular flexibility index (Phi) is 4.30. The Morgan fingerprint density at radius 3 is 2.50 bits per heavy atom. The summed E-state index contributed by atoms with van der Waals surface area (Å²) in [6, 6.07) is 6.14. The number of rotatable bonds is 5. The molecule has 0 spiro atoms. The van der Waals surface area contributed by atoms with Gasteiger partial charge in [0.2, 0.25) is 0 Å². The molecule has 24 heavy (non-hydrogen) atoms. The highest BCUT2D eigenvalue weighted by Gasteiger charge is 2.16. The minimum atomic E-state index is 0.338. The van der Waals surface area contributed by atoms with Crippen molar-refractivity contribution in [2.45, 2.75) is 53.0 Å². The predicted octanol–water partition coefficient (Wildman–Crippen LogP) is 3.91. The van der Waals surface area contributed by atoms with Gasteiger partial charge in [0.15, 0.2) is 5.65 Å². The van der Waals surface area contributed by atoms with Crippen LogP contribution in [0.2, 0.25) is 0 Å². The number of aryl methyl sites for hydroxylation is 1. The average Bonchev–Trinajstić information content (AvgIpc) is 3.11. The van der Waals surface area contributed by atoms with Crippen LogP contribution in [0.3, 0.4) is 0 Å². The SMILES string of the molecule is Cc1cc2nc(C(C)C)cc(N(C)Cc3cc(C(C)C)on3)n2n1. The second-order valence-corrected chi connectivity index (χ2v) is 6.98. The standard InChI is InChI=1S/C18H25N5O/c1-11(2)15-9-18(23-17(19-15)7-13(5)20-23)22(6)10-14-8-16(12(3)4)24-21-14/h7-9,11-12H,10H2,1-6H3. The fourth-order valence-electron chi connectivity index (χ4n) is 2.66. The van der Waals surface area contributed by atoms with Gasteiger partial charge in [0.25, 0.3) is 0 Å². The Hall–Kier alpha value is -2.37. The molecular weight excluding hydrogens is 302 g/mol. The molecule has 0 aliphatic carbocycles. The lowest BCUT2D eigenvalue weighted by Gasteiger charge is -2.20. The molecule has 0 fully saturated rings. The number of hydrogen-bond donors (Lipinski definition) is 0. The van der Waals surface area contributed by atoms with Crippen molar-refractivity contribution in [3.8, 4) is 0 Å². The summed E-state index contributed by atoms with van der Waals surface area (Å²) in [5.74, 6) is 2.62. The Morgan fingerprint density at radius 1 is 1.12 bits per heavy atom. The highest BCUT2D eigenvalue weighted by molar-refractivity contribution is 5.52. The number of nitrogens with zero attached hydrogens (tertiary/aromatic N) is 5. The summed E-state index contributed by atoms with van der Waals surface area (Å²) in [5, 5.41) is 8.76. The third-order valence-electron chi connectivity index (χ3n) is 4.08. The second-order valence-electron chi connectivity index (χ2n) is 6.98. The Morgan fingerprint density at radius 2 is 1.88 bits per heavy atom. The van der Waals surface area contributed by atoms with Gasteiger partial charge in [0.1, 0.15) is 17.3 Å². The van der Waals surface area contributed by atoms with Gasteiger partial charge in [-0.15, -0.1) is 0 Å². The smallest absolute Gasteiger partial charge is 0.157 e. The quantitative estimate of drug-likeness (QED) is 0.711. The van der Waals surface area contributed by atoms with Crippen LogP contribution in [0.15, 0.2) is 22.7 Å². The third kappa shape index (κ3) is 3.13. The number of aromatic nitrogens is 4. The molecule has 128 valence electrons. The number of fused-ring (bicyclic) bond motifs is 1. The maximum absolute atomic E-state index is 5.40. The molecule has 6 heteroatoms. The molecule has 0 amide bonds. The summed E-state index contributed by atoms with van der Waals surface area (Å²) < 4.78 is 7.30. The van der Waals surface area contributed by atoms with Crippen molar-refractivity contribution in [1.29, 1.82) is 0 Å². The normalized spacial score (nSPS) is 11.8. The molecule has 6 nitrogen and oxygen atoms in total. The molecule has 0 atom stereocenters. The van der Waals surface area contributed by atoms with Crippen molar-refractivity contribution in [3.63, 3.8) is 0 Å². The fourth-order valence-corrected chi connectivity index (χ4v) is 2.66. The molecule has 0 bridgehead atoms. The first kappa shape index (κ1) is 16.5. The van der Waals surface area contributed by atoms with Crippen molar-refractivity contribution in [2.75, 3.05) is 11.9 Å². The van der Waals surface area contributed by atoms with E-state index in [0.29, 0.717) is 18.4 Å². The van der Waals surface area contributed by atoms with Gasteiger partial charge in [0, 0.05) is 36.9 Å². The topological polar surface area (TPSA) is 59.5 Å². The van der Waals surface area contributed by atoms with E-state index in [1.807, 2.05) is 30.6 Å². The van der Waals surface area contributed by atoms with Gasteiger partial charge in [-0.3, -0.25) is 0 Å². The van der Waals surface area contributed by atoms with Gasteiger partial charge >= 0.3 is 0 Å². The molecule has 0 aromatic carbocycles. The monoisotopic (exact) mass is 327 g/mol. The van der Waals surface area contributed by atoms with E-state index in [1.54, 1.807) is 0 Å². The van der Waals surface area contributed by atoms with E-state index >= 15 is 0 Å². The molecule has 0 aliphatic heterocycles. The zero-order valence-corrected chi connectivity index (χ0v) is 15.2. The van der Waals surface area contributed by atoms with Crippen molar-refractivity contribution >= 4 is 11.5 Å². The van der Waals surface area contributed by atoms with Crippen LogP contribution in [-0.2, 0) is 6.54 Å². The lowest BCUT2D eigenvalue weighted by molar-refractivity contribution is 0.365. The van der Waals surface area contributed by atoms with Crippen molar-refractivity contribution in [2.24, 2.45) is 0 Å². The van der Waals surface area contributed by atoms with Crippen molar-refractivity contribution < 1.29 is 4.52 Å². The molecule has 0 N–H and O–H groups in total. The van der Waals surface area contributed by atoms with E-state index in [4.69, 9.17) is 9.51 Å². The van der Waals surface area contributed by atoms with E-state index in [9.17, 15) is 0 Å². The average molecular weight is 327 g/mol. The molecule has 0 unspecified atom stereocenters. The Bertz CT molecular complexity index is 846. The molecule has 3 rings (SSSR count). The minimum absolute atomic E-state index is 0.338. The molecule has 0 saturated carbocycles. The summed E-state index contributed by atoms with van der Waals surface area (Å²) in [6.45, 7) is 11.1. The zero-order valence-electron chi connectivity index (χ0n) is 15.2. The van der Waals surface area contributed by atoms with Crippen LogP contribution < -0.4 is 4.90 Å². The first-order valence-corrected chi connectivity index (χ1v) is 8.39. The first-order valence-electron chi connectivity index (χ1n) is 8.39. The summed E-state index contributed by atoms with van der Waals surface area (Å²) in [6.07, 6.45) is 0. The molecular formula is C18H25N5O. The Labute approximate surface area is 142 Å². The van der Waals surface area contributed by atoms with Crippen LogP contribution in [0.25, 0.3) is 5.65 Å². The largest absolute Gasteiger partial charge is 0.361 e. The molecule has 3 aromatic rings. The van der Waals surface area contributed by atoms with E-state index in [1.165, 1.54) is 0 Å². The fraction of sp³-hybridized carbons (Fsp3) is 0.500. The van der Waals surface area contributed by atoms with Crippen LogP contribution >= 0.6 is 0 Å². The van der Waals surface area contributed by atoms with Gasteiger partial charge < -0.3 is 9.42 Å². The van der Waals surface area contributed by atoms with Gasteiger partial charge in [-0.05, 0) is 12.8 Å². The Balaban J connectivity index is 1.96. The van der Waals surface area contributed by atoms with Crippen LogP contribution in [0.4, 0.5) is 5.82 Å². The van der Waals surface area contributed by atoms with E-state index in [2.05, 4.69) is 48.9 Å². The summed E-state index contributed by atoms with van der Waals surface area (Å²) in [5.41, 5.74) is 3.82. The summed E-state index contributed by atoms with van der Waals surface area (Å²) >= 11 is 0. The van der Waals surface area contributed by atoms with Crippen LogP contribution in [0, 0.1) is 6.92 Å². The van der Waals surface area contributed by atoms with Gasteiger partial charge in [-0.25, -0.2) is 4.98 Å². The number of anilines is 1. The third-order valence-corrected chi connectivity index (χ3v) is 4.08. The maximum Gasteiger partial charge on any atom is 0.157 e. The summed E-state index contributed by atoms with van der Waals surface area (Å²) in [4.78, 5) is 6.85. The van der Waals surface area contributed by atoms with Crippen LogP contribution in [-0.4, -0.2) is 26.8 Å². The molecule has 0 aliphatic rings. The van der Waals surface area contributed by atoms with Crippen molar-refractivity contribution in [1.82, 2.24) is 19.8 Å². The van der Waals surface area contributed by atoms with Crippen LogP contribution in [0.1, 0.15) is 62.4 Å². The summed E-state index contributed by atoms with van der Waals surface area (Å²) in [7, 11) is 2.04. The minimum Gasteiger partial charge on any atom is -0.361 e. The second kappa shape index (κ2) is 6.26. The lowest BCUT2D eigenvalue weighted by Crippen LogP contribution is -2.20. The lowest BCUT2D eigenvalue weighted by atomic mass is 10.1. The molecule has 0 saturated heterocycles. The number of hydrogen-bond acceptors (Lipinski definition) is 5. The highest BCUT2D eigenvalue weighted by Crippen LogP contribution is 2.23. The predicted molar refractivity (Wildman–Crippen MR) is 94.5 cm³/mol. The van der Waals surface area contributed by atoms with Crippen LogP contribution in [0.5, 0.6) is 0 Å². The highest BCUT2D eigenvalue weighted by atomic mass is 16.5. The van der Waals surface area contributed by atoms with Gasteiger partial charge in [-0.2, -0.15) is 9.61 Å². The molecule has 3 heterocycles. The maximum atomic E-state index is 5.40. The van der Waals surface area contributed by atoms with E-state index < -0.39 is 0 Å². The molecule has 0 radical (unpaired) electrons. The van der Waals surface area contributed by atoms with Crippen molar-refractivity contribution in [3.05, 3.63) is 41.0 Å². The van der Waals surface area contributed by atoms with E-state index in [0.717, 1.165) is 34.3 Å². The molecule has 3 aromatic heterocycles.